The predicted molar refractivity (Wildman–Crippen MR) is 122 cm³/mol. The molecule has 2 aromatic rings. The molecular weight excluding hydrogens is 447 g/mol. The molecule has 0 saturated heterocycles. The molecule has 0 spiro atoms. The Kier molecular flexibility index (Phi) is 8.41. The van der Waals surface area contributed by atoms with E-state index >= 15 is 0 Å². The summed E-state index contributed by atoms with van der Waals surface area (Å²) in [6.45, 7) is 6.16. The molecule has 0 radical (unpaired) electrons. The summed E-state index contributed by atoms with van der Waals surface area (Å²) in [4.78, 5) is 12.8. The van der Waals surface area contributed by atoms with Crippen LogP contribution < -0.4 is 14.4 Å². The Morgan fingerprint density at radius 3 is 2.43 bits per heavy atom. The van der Waals surface area contributed by atoms with Gasteiger partial charge in [0.2, 0.25) is 15.9 Å². The van der Waals surface area contributed by atoms with Crippen LogP contribution in [0, 0.1) is 13.8 Å². The number of sulfonamides is 1. The maximum absolute atomic E-state index is 12.8. The first-order valence-electron chi connectivity index (χ1n) is 9.46. The Morgan fingerprint density at radius 1 is 1.13 bits per heavy atom. The van der Waals surface area contributed by atoms with E-state index in [0.717, 1.165) is 27.4 Å². The quantitative estimate of drug-likeness (QED) is 0.550. The molecular formula is C21H26Cl2N2O4S. The highest BCUT2D eigenvalue weighted by atomic mass is 35.5. The maximum Gasteiger partial charge on any atom is 0.244 e. The molecule has 0 bridgehead atoms. The lowest BCUT2D eigenvalue weighted by molar-refractivity contribution is -0.122. The number of nitrogens with one attached hydrogen (secondary N) is 1. The minimum absolute atomic E-state index is 0.208. The van der Waals surface area contributed by atoms with E-state index in [1.54, 1.807) is 6.92 Å². The van der Waals surface area contributed by atoms with Crippen LogP contribution in [0.5, 0.6) is 5.75 Å². The van der Waals surface area contributed by atoms with Crippen molar-refractivity contribution in [2.45, 2.75) is 33.2 Å². The van der Waals surface area contributed by atoms with Crippen LogP contribution in [0.3, 0.4) is 0 Å². The Bertz CT molecular complexity index is 1010. The lowest BCUT2D eigenvalue weighted by Crippen LogP contribution is -2.50. The van der Waals surface area contributed by atoms with Crippen molar-refractivity contribution in [3.63, 3.8) is 0 Å². The van der Waals surface area contributed by atoms with Gasteiger partial charge in [-0.25, -0.2) is 8.42 Å². The molecule has 0 heterocycles. The fourth-order valence-corrected chi connectivity index (χ4v) is 4.49. The van der Waals surface area contributed by atoms with Crippen molar-refractivity contribution in [1.82, 2.24) is 5.32 Å². The second-order valence-electron chi connectivity index (χ2n) is 6.99. The molecule has 1 amide bonds. The molecule has 2 aromatic carbocycles. The Labute approximate surface area is 188 Å². The highest BCUT2D eigenvalue weighted by Gasteiger charge is 2.31. The summed E-state index contributed by atoms with van der Waals surface area (Å²) in [5.74, 6) is 0.337. The highest BCUT2D eigenvalue weighted by molar-refractivity contribution is 7.92. The number of benzene rings is 2. The smallest absolute Gasteiger partial charge is 0.244 e. The van der Waals surface area contributed by atoms with Gasteiger partial charge in [0.15, 0.2) is 0 Å². The van der Waals surface area contributed by atoms with Crippen molar-refractivity contribution >= 4 is 44.8 Å². The molecule has 1 atom stereocenters. The van der Waals surface area contributed by atoms with Gasteiger partial charge in [0.05, 0.1) is 28.5 Å². The van der Waals surface area contributed by atoms with Gasteiger partial charge in [-0.05, 0) is 55.7 Å². The first kappa shape index (κ1) is 24.3. The fourth-order valence-electron chi connectivity index (χ4n) is 3.00. The zero-order valence-electron chi connectivity index (χ0n) is 17.4. The minimum Gasteiger partial charge on any atom is -0.491 e. The van der Waals surface area contributed by atoms with Gasteiger partial charge in [0, 0.05) is 0 Å². The second kappa shape index (κ2) is 10.4. The van der Waals surface area contributed by atoms with Crippen LogP contribution in [0.15, 0.2) is 36.4 Å². The fraction of sp³-hybridized carbons (Fsp3) is 0.381. The molecule has 0 fully saturated rings. The van der Waals surface area contributed by atoms with E-state index < -0.39 is 22.0 Å². The minimum atomic E-state index is -3.75. The molecule has 164 valence electrons. The second-order valence-corrected chi connectivity index (χ2v) is 9.66. The van der Waals surface area contributed by atoms with Gasteiger partial charge in [-0.1, -0.05) is 42.3 Å². The lowest BCUT2D eigenvalue weighted by Gasteiger charge is -2.30. The van der Waals surface area contributed by atoms with Crippen LogP contribution in [0.4, 0.5) is 5.69 Å². The summed E-state index contributed by atoms with van der Waals surface area (Å²) in [6, 6.07) is 9.43. The third-order valence-electron chi connectivity index (χ3n) is 4.49. The van der Waals surface area contributed by atoms with E-state index in [9.17, 15) is 13.2 Å². The number of anilines is 1. The summed E-state index contributed by atoms with van der Waals surface area (Å²) >= 11 is 12.0. The number of halogens is 2. The van der Waals surface area contributed by atoms with Crippen molar-refractivity contribution in [3.8, 4) is 5.75 Å². The van der Waals surface area contributed by atoms with Crippen LogP contribution in [0.1, 0.15) is 24.5 Å². The van der Waals surface area contributed by atoms with Crippen molar-refractivity contribution in [3.05, 3.63) is 57.6 Å². The van der Waals surface area contributed by atoms with Crippen molar-refractivity contribution < 1.29 is 17.9 Å². The number of ether oxygens (including phenoxy) is 1. The zero-order chi connectivity index (χ0) is 22.5. The maximum atomic E-state index is 12.8. The monoisotopic (exact) mass is 472 g/mol. The van der Waals surface area contributed by atoms with Gasteiger partial charge in [0.25, 0.3) is 0 Å². The number of amides is 1. The van der Waals surface area contributed by atoms with Gasteiger partial charge in [-0.15, -0.1) is 0 Å². The molecule has 6 nitrogen and oxygen atoms in total. The number of carbonyl (C=O) groups excluding carboxylic acids is 1. The summed E-state index contributed by atoms with van der Waals surface area (Å²) < 4.78 is 31.7. The Morgan fingerprint density at radius 2 is 1.83 bits per heavy atom. The molecule has 0 aliphatic carbocycles. The molecule has 2 rings (SSSR count). The van der Waals surface area contributed by atoms with Crippen molar-refractivity contribution in [1.29, 1.82) is 0 Å². The molecule has 0 aliphatic rings. The number of nitrogens with zero attached hydrogens (tertiary/aromatic N) is 1. The van der Waals surface area contributed by atoms with Crippen LogP contribution in [-0.4, -0.2) is 39.8 Å². The normalized spacial score (nSPS) is 12.3. The molecule has 0 saturated carbocycles. The van der Waals surface area contributed by atoms with Gasteiger partial charge in [0.1, 0.15) is 18.4 Å². The van der Waals surface area contributed by atoms with E-state index in [1.807, 2.05) is 32.0 Å². The third kappa shape index (κ3) is 6.27. The van der Waals surface area contributed by atoms with Gasteiger partial charge in [-0.3, -0.25) is 9.10 Å². The van der Waals surface area contributed by atoms with E-state index in [1.165, 1.54) is 18.2 Å². The zero-order valence-corrected chi connectivity index (χ0v) is 19.7. The number of aryl methyl sites for hydroxylation is 2. The molecule has 30 heavy (non-hydrogen) atoms. The summed E-state index contributed by atoms with van der Waals surface area (Å²) in [7, 11) is -3.75. The molecule has 0 aliphatic heterocycles. The van der Waals surface area contributed by atoms with Crippen molar-refractivity contribution in [2.75, 3.05) is 23.7 Å². The highest BCUT2D eigenvalue weighted by Crippen LogP contribution is 2.30. The van der Waals surface area contributed by atoms with Gasteiger partial charge in [-0.2, -0.15) is 0 Å². The van der Waals surface area contributed by atoms with Crippen LogP contribution in [0.25, 0.3) is 0 Å². The standard InChI is InChI=1S/C21H26Cl2N2O4S/c1-5-19(25(30(4,27)28)16-8-9-17(22)18(23)13-16)21(26)24-10-11-29-20-12-14(2)6-7-15(20)3/h6-9,12-13,19H,5,10-11H2,1-4H3,(H,24,26)/t19-/m1/s1. The summed E-state index contributed by atoms with van der Waals surface area (Å²) in [5.41, 5.74) is 2.36. The number of hydrogen-bond donors (Lipinski definition) is 1. The Balaban J connectivity index is 2.10. The molecule has 0 unspecified atom stereocenters. The summed E-state index contributed by atoms with van der Waals surface area (Å²) in [5, 5.41) is 3.27. The van der Waals surface area contributed by atoms with E-state index in [0.29, 0.717) is 5.02 Å². The largest absolute Gasteiger partial charge is 0.491 e. The first-order valence-corrected chi connectivity index (χ1v) is 12.1. The average Bonchev–Trinajstić information content (AvgIpc) is 2.67. The average molecular weight is 473 g/mol. The van der Waals surface area contributed by atoms with E-state index in [-0.39, 0.29) is 30.3 Å². The molecule has 0 aromatic heterocycles. The van der Waals surface area contributed by atoms with Crippen LogP contribution >= 0.6 is 23.2 Å². The third-order valence-corrected chi connectivity index (χ3v) is 6.41. The van der Waals surface area contributed by atoms with Crippen LogP contribution in [-0.2, 0) is 14.8 Å². The van der Waals surface area contributed by atoms with Gasteiger partial charge >= 0.3 is 0 Å². The molecule has 9 heteroatoms. The molecule has 1 N–H and O–H groups in total. The predicted octanol–water partition coefficient (Wildman–Crippen LogP) is 4.35. The van der Waals surface area contributed by atoms with E-state index in [2.05, 4.69) is 5.32 Å². The van der Waals surface area contributed by atoms with Crippen LogP contribution in [0.2, 0.25) is 10.0 Å². The Hall–Kier alpha value is -1.96. The number of carbonyl (C=O) groups is 1. The van der Waals surface area contributed by atoms with E-state index in [4.69, 9.17) is 27.9 Å². The summed E-state index contributed by atoms with van der Waals surface area (Å²) in [6.07, 6.45) is 1.33. The van der Waals surface area contributed by atoms with Gasteiger partial charge < -0.3 is 10.1 Å². The lowest BCUT2D eigenvalue weighted by atomic mass is 10.1. The first-order chi connectivity index (χ1) is 14.0. The van der Waals surface area contributed by atoms with Crippen molar-refractivity contribution in [2.24, 2.45) is 0 Å². The SMILES string of the molecule is CC[C@H](C(=O)NCCOc1cc(C)ccc1C)N(c1ccc(Cl)c(Cl)c1)S(C)(=O)=O. The number of hydrogen-bond acceptors (Lipinski definition) is 4. The number of rotatable bonds is 9. The topological polar surface area (TPSA) is 75.7 Å².